The second kappa shape index (κ2) is 14.5. The molecule has 58 heavy (non-hydrogen) atoms. The third kappa shape index (κ3) is 6.10. The molecule has 0 spiro atoms. The molecule has 0 N–H and O–H groups in total. The molecule has 7 rings (SSSR count). The van der Waals surface area contributed by atoms with Gasteiger partial charge in [-0.1, -0.05) is 66.7 Å². The van der Waals surface area contributed by atoms with Gasteiger partial charge in [0.25, 0.3) is 0 Å². The molecule has 0 aromatic heterocycles. The van der Waals surface area contributed by atoms with Crippen molar-refractivity contribution < 1.29 is 13.2 Å². The Morgan fingerprint density at radius 3 is 1.66 bits per heavy atom. The summed E-state index contributed by atoms with van der Waals surface area (Å²) in [5, 5.41) is 41.3. The maximum absolute atomic E-state index is 13.7. The lowest BCUT2D eigenvalue weighted by Gasteiger charge is -2.15. The van der Waals surface area contributed by atoms with Crippen molar-refractivity contribution in [2.24, 2.45) is 0 Å². The van der Waals surface area contributed by atoms with E-state index in [1.54, 1.807) is 42.5 Å². The number of allylic oxidation sites excluding steroid dienone is 6. The molecule has 2 aliphatic rings. The van der Waals surface area contributed by atoms with Crippen molar-refractivity contribution in [3.8, 4) is 24.3 Å². The van der Waals surface area contributed by atoms with E-state index in [1.165, 1.54) is 48.5 Å². The van der Waals surface area contributed by atoms with E-state index in [9.17, 15) is 34.2 Å². The van der Waals surface area contributed by atoms with Crippen LogP contribution in [0.5, 0.6) is 0 Å². The molecular weight excluding hydrogens is 734 g/mol. The third-order valence-electron chi connectivity index (χ3n) is 9.62. The Morgan fingerprint density at radius 2 is 1.14 bits per heavy atom. The Bertz CT molecular complexity index is 3100. The summed E-state index contributed by atoms with van der Waals surface area (Å²) < 4.78 is 41.2. The number of nitrogens with zero attached hydrogens (tertiary/aromatic N) is 8. The van der Waals surface area contributed by atoms with Gasteiger partial charge in [-0.3, -0.25) is 0 Å². The predicted octanol–water partition coefficient (Wildman–Crippen LogP) is 12.0. The van der Waals surface area contributed by atoms with Crippen LogP contribution in [0.2, 0.25) is 0 Å². The van der Waals surface area contributed by atoms with Crippen LogP contribution in [-0.2, 0) is 6.18 Å². The number of hydrogen-bond acceptors (Lipinski definition) is 4. The minimum Gasteiger partial charge on any atom is -0.239 e. The van der Waals surface area contributed by atoms with E-state index in [0.29, 0.717) is 22.3 Å². The molecule has 0 unspecified atom stereocenters. The average Bonchev–Trinajstić information content (AvgIpc) is 3.74. The van der Waals surface area contributed by atoms with Gasteiger partial charge in [0.2, 0.25) is 11.4 Å². The summed E-state index contributed by atoms with van der Waals surface area (Å²) in [6, 6.07) is 33.0. The maximum atomic E-state index is 13.7. The highest BCUT2D eigenvalue weighted by Gasteiger charge is 2.38. The van der Waals surface area contributed by atoms with Crippen molar-refractivity contribution in [3.63, 3.8) is 0 Å². The molecule has 2 aliphatic carbocycles. The zero-order chi connectivity index (χ0) is 41.3. The minimum absolute atomic E-state index is 0.0219. The van der Waals surface area contributed by atoms with Gasteiger partial charge in [-0.15, -0.1) is 0 Å². The van der Waals surface area contributed by atoms with E-state index in [4.69, 9.17) is 26.3 Å². The Labute approximate surface area is 330 Å². The fourth-order valence-electron chi connectivity index (χ4n) is 7.23. The highest BCUT2D eigenvalue weighted by atomic mass is 19.4. The molecule has 0 amide bonds. The van der Waals surface area contributed by atoms with Gasteiger partial charge in [0, 0.05) is 0 Å². The number of nitriles is 4. The summed E-state index contributed by atoms with van der Waals surface area (Å²) in [5.41, 5.74) is 2.60. The van der Waals surface area contributed by atoms with Crippen LogP contribution >= 0.6 is 0 Å². The Morgan fingerprint density at radius 1 is 0.552 bits per heavy atom. The number of halogens is 3. The normalized spacial score (nSPS) is 14.3. The van der Waals surface area contributed by atoms with E-state index < -0.39 is 11.7 Å². The number of rotatable bonds is 4. The zero-order valence-electron chi connectivity index (χ0n) is 29.5. The number of fused-ring (bicyclic) bond motifs is 2. The van der Waals surface area contributed by atoms with Crippen LogP contribution in [0.3, 0.4) is 0 Å². The summed E-state index contributed by atoms with van der Waals surface area (Å²) >= 11 is 0. The Hall–Kier alpha value is -9.23. The molecule has 8 nitrogen and oxygen atoms in total. The van der Waals surface area contributed by atoms with Crippen molar-refractivity contribution in [3.05, 3.63) is 210 Å². The van der Waals surface area contributed by atoms with Gasteiger partial charge in [0.05, 0.1) is 66.3 Å². The van der Waals surface area contributed by atoms with Crippen LogP contribution in [0, 0.1) is 71.6 Å². The van der Waals surface area contributed by atoms with Crippen molar-refractivity contribution in [2.75, 3.05) is 0 Å². The predicted molar refractivity (Wildman–Crippen MR) is 211 cm³/mol. The fourth-order valence-corrected chi connectivity index (χ4v) is 7.23. The molecule has 0 heterocycles. The van der Waals surface area contributed by atoms with Gasteiger partial charge in [0.1, 0.15) is 12.1 Å². The monoisotopic (exact) mass is 750 g/mol. The molecule has 0 fully saturated rings. The lowest BCUT2D eigenvalue weighted by Crippen LogP contribution is -2.04. The second-order valence-electron chi connectivity index (χ2n) is 12.8. The molecule has 0 atom stereocenters. The third-order valence-corrected chi connectivity index (χ3v) is 9.62. The summed E-state index contributed by atoms with van der Waals surface area (Å²) in [6.45, 7) is 32.1. The van der Waals surface area contributed by atoms with Crippen molar-refractivity contribution >= 4 is 56.2 Å². The van der Waals surface area contributed by atoms with Crippen LogP contribution in [0.15, 0.2) is 103 Å². The smallest absolute Gasteiger partial charge is 0.239 e. The number of hydrogen-bond donors (Lipinski definition) is 0. The molecule has 0 radical (unpaired) electrons. The quantitative estimate of drug-likeness (QED) is 0.134. The molecule has 266 valence electrons. The van der Waals surface area contributed by atoms with Crippen molar-refractivity contribution in [1.29, 1.82) is 21.0 Å². The molecule has 0 aliphatic heterocycles. The van der Waals surface area contributed by atoms with Crippen LogP contribution < -0.4 is 0 Å². The largest absolute Gasteiger partial charge is 0.416 e. The highest BCUT2D eigenvalue weighted by molar-refractivity contribution is 6.33. The van der Waals surface area contributed by atoms with Crippen LogP contribution in [0.4, 0.5) is 24.5 Å². The van der Waals surface area contributed by atoms with Crippen LogP contribution in [-0.4, -0.2) is 0 Å². The first-order valence-corrected chi connectivity index (χ1v) is 16.9. The molecule has 0 bridgehead atoms. The van der Waals surface area contributed by atoms with Gasteiger partial charge in [-0.25, -0.2) is 19.4 Å². The molecule has 5 aromatic rings. The average molecular weight is 751 g/mol. The molecular formula is C47H17F3N8. The van der Waals surface area contributed by atoms with Crippen LogP contribution in [0.1, 0.15) is 61.2 Å². The highest BCUT2D eigenvalue weighted by Crippen LogP contribution is 2.56. The van der Waals surface area contributed by atoms with Gasteiger partial charge < -0.3 is 0 Å². The minimum atomic E-state index is -4.67. The van der Waals surface area contributed by atoms with Gasteiger partial charge >= 0.3 is 6.18 Å². The summed E-state index contributed by atoms with van der Waals surface area (Å²) in [6.07, 6.45) is -4.67. The first kappa shape index (κ1) is 37.1. The number of alkyl halides is 3. The van der Waals surface area contributed by atoms with Crippen molar-refractivity contribution in [1.82, 2.24) is 0 Å². The first-order valence-electron chi connectivity index (χ1n) is 16.9. The molecule has 0 saturated heterocycles. The lowest BCUT2D eigenvalue weighted by atomic mass is 9.87. The topological polar surface area (TPSA) is 113 Å². The summed E-state index contributed by atoms with van der Waals surface area (Å²) in [4.78, 5) is 14.7. The first-order chi connectivity index (χ1) is 28.0. The van der Waals surface area contributed by atoms with Gasteiger partial charge in [0.15, 0.2) is 11.4 Å². The Balaban J connectivity index is 1.65. The van der Waals surface area contributed by atoms with Gasteiger partial charge in [-0.05, 0) is 103 Å². The lowest BCUT2D eigenvalue weighted by molar-refractivity contribution is -0.137. The second-order valence-corrected chi connectivity index (χ2v) is 12.8. The standard InChI is InChI=1S/C47H17F3N8/c1-55-33-17-30(18-34(19-33)56-2)39(24-53)43-37-20-35-36(21-38(37)46(58-4)42(43)28-8-6-5-7-9-28)44(45(57-3)31-15-26(22-51)14-27(16-31)23-52)41(40(35)25-54)29-10-12-32(13-11-29)47(48,49)50/h5-21H/b43-39-,45-44+. The number of benzene rings is 5. The maximum Gasteiger partial charge on any atom is 0.416 e. The fraction of sp³-hybridized carbons (Fsp3) is 0.0213. The molecule has 0 saturated carbocycles. The summed E-state index contributed by atoms with van der Waals surface area (Å²) in [7, 11) is 0. The van der Waals surface area contributed by atoms with E-state index in [0.717, 1.165) is 12.1 Å². The summed E-state index contributed by atoms with van der Waals surface area (Å²) in [5.74, 6) is 0. The molecule has 11 heteroatoms. The van der Waals surface area contributed by atoms with Crippen molar-refractivity contribution in [2.45, 2.75) is 6.18 Å². The SMILES string of the molecule is [C-]#[N+]C1=C(c2ccccc2)/C(=C(/C#N)c2cc([N+]#[C-])cc([N+]#[C-])c2)c2cc3c(cc21)/C(=C(\[N+]#[C-])c1cc(C#N)cc(C#N)c1)C(c1ccc(C(F)(F)F)cc1)=C3C#N. The Kier molecular flexibility index (Phi) is 9.30. The van der Waals surface area contributed by atoms with E-state index in [-0.39, 0.29) is 89.6 Å². The van der Waals surface area contributed by atoms with Crippen LogP contribution in [0.25, 0.3) is 64.2 Å². The van der Waals surface area contributed by atoms with E-state index >= 15 is 0 Å². The van der Waals surface area contributed by atoms with E-state index in [1.807, 2.05) is 12.1 Å². The molecule has 5 aromatic carbocycles. The van der Waals surface area contributed by atoms with E-state index in [2.05, 4.69) is 31.5 Å². The zero-order valence-corrected chi connectivity index (χ0v) is 29.5. The van der Waals surface area contributed by atoms with Gasteiger partial charge in [-0.2, -0.15) is 34.2 Å².